The van der Waals surface area contributed by atoms with Crippen molar-refractivity contribution in [3.8, 4) is 6.19 Å². The highest BCUT2D eigenvalue weighted by atomic mass is 16.5. The van der Waals surface area contributed by atoms with Crippen LogP contribution in [0.25, 0.3) is 0 Å². The Balaban J connectivity index is 2.25. The molecule has 0 heterocycles. The van der Waals surface area contributed by atoms with Crippen molar-refractivity contribution in [1.82, 2.24) is 0 Å². The van der Waals surface area contributed by atoms with Gasteiger partial charge in [-0.3, -0.25) is 19.3 Å². The molecule has 0 fully saturated rings. The van der Waals surface area contributed by atoms with Crippen LogP contribution in [-0.4, -0.2) is 31.7 Å². The van der Waals surface area contributed by atoms with E-state index < -0.39 is 11.9 Å². The maximum Gasteiger partial charge on any atom is 0.313 e. The number of hydrogen-bond donors (Lipinski definition) is 0. The summed E-state index contributed by atoms with van der Waals surface area (Å²) in [5.74, 6) is -1.70. The first-order valence-corrected chi connectivity index (χ1v) is 9.02. The summed E-state index contributed by atoms with van der Waals surface area (Å²) in [5.41, 5.74) is 1.84. The number of ether oxygens (including phenoxy) is 1. The van der Waals surface area contributed by atoms with E-state index in [1.54, 1.807) is 36.4 Å². The quantitative estimate of drug-likeness (QED) is 0.385. The van der Waals surface area contributed by atoms with Gasteiger partial charge in [0, 0.05) is 23.7 Å². The van der Waals surface area contributed by atoms with Gasteiger partial charge in [0.25, 0.3) is 0 Å². The lowest BCUT2D eigenvalue weighted by molar-refractivity contribution is -0.142. The Morgan fingerprint density at radius 2 is 1.71 bits per heavy atom. The highest BCUT2D eigenvalue weighted by Gasteiger charge is 2.36. The molecule has 0 saturated heterocycles. The Kier molecular flexibility index (Phi) is 5.27. The minimum Gasteiger partial charge on any atom is -0.469 e. The van der Waals surface area contributed by atoms with Crippen molar-refractivity contribution in [3.63, 3.8) is 0 Å². The SMILES string of the molecule is CCCC(C(=O)OC)c1cccc2c1C(=O)c1cccc(N(C)C#N)c1C2=O. The summed E-state index contributed by atoms with van der Waals surface area (Å²) in [5, 5.41) is 9.23. The average Bonchev–Trinajstić information content (AvgIpc) is 2.73. The van der Waals surface area contributed by atoms with E-state index in [1.807, 2.05) is 13.1 Å². The molecule has 0 radical (unpaired) electrons. The number of esters is 1. The summed E-state index contributed by atoms with van der Waals surface area (Å²) in [6.45, 7) is 1.94. The summed E-state index contributed by atoms with van der Waals surface area (Å²) in [4.78, 5) is 40.2. The number of hydrogen-bond acceptors (Lipinski definition) is 6. The van der Waals surface area contributed by atoms with Gasteiger partial charge < -0.3 is 4.74 Å². The van der Waals surface area contributed by atoms with Gasteiger partial charge in [-0.05, 0) is 18.1 Å². The largest absolute Gasteiger partial charge is 0.469 e. The van der Waals surface area contributed by atoms with E-state index in [4.69, 9.17) is 4.74 Å². The van der Waals surface area contributed by atoms with E-state index >= 15 is 0 Å². The van der Waals surface area contributed by atoms with Crippen molar-refractivity contribution in [2.75, 3.05) is 19.1 Å². The molecule has 0 bridgehead atoms. The molecule has 6 nitrogen and oxygen atoms in total. The molecule has 2 aromatic rings. The molecule has 142 valence electrons. The third-order valence-electron chi connectivity index (χ3n) is 5.03. The number of methoxy groups -OCH3 is 1. The number of ketones is 2. The van der Waals surface area contributed by atoms with E-state index in [2.05, 4.69) is 0 Å². The number of nitrogens with zero attached hydrogens (tertiary/aromatic N) is 2. The van der Waals surface area contributed by atoms with Crippen molar-refractivity contribution in [3.05, 3.63) is 64.2 Å². The average molecular weight is 376 g/mol. The first-order valence-electron chi connectivity index (χ1n) is 9.02. The minimum absolute atomic E-state index is 0.214. The lowest BCUT2D eigenvalue weighted by atomic mass is 9.77. The van der Waals surface area contributed by atoms with E-state index in [9.17, 15) is 19.6 Å². The fourth-order valence-corrected chi connectivity index (χ4v) is 3.71. The number of nitriles is 1. The van der Waals surface area contributed by atoms with Gasteiger partial charge in [0.1, 0.15) is 0 Å². The predicted octanol–water partition coefficient (Wildman–Crippen LogP) is 3.44. The van der Waals surface area contributed by atoms with Gasteiger partial charge in [-0.25, -0.2) is 0 Å². The number of benzene rings is 2. The second-order valence-corrected chi connectivity index (χ2v) is 6.65. The van der Waals surface area contributed by atoms with Gasteiger partial charge >= 0.3 is 5.97 Å². The lowest BCUT2D eigenvalue weighted by Crippen LogP contribution is -2.27. The molecule has 1 unspecified atom stereocenters. The predicted molar refractivity (Wildman–Crippen MR) is 103 cm³/mol. The standard InChI is InChI=1S/C22H20N2O4/c1-4-7-14(22(27)28-3)13-8-5-9-15-18(13)20(25)16-10-6-11-17(24(2)12-23)19(16)21(15)26/h5-6,8-11,14H,4,7H2,1-3H3. The molecule has 0 aliphatic heterocycles. The van der Waals surface area contributed by atoms with Crippen molar-refractivity contribution in [2.45, 2.75) is 25.7 Å². The number of carbonyl (C=O) groups is 3. The van der Waals surface area contributed by atoms with Crippen LogP contribution in [0.3, 0.4) is 0 Å². The summed E-state index contributed by atoms with van der Waals surface area (Å²) >= 11 is 0. The van der Waals surface area contributed by atoms with Crippen LogP contribution in [-0.2, 0) is 9.53 Å². The lowest BCUT2D eigenvalue weighted by Gasteiger charge is -2.25. The second kappa shape index (κ2) is 7.65. The molecule has 28 heavy (non-hydrogen) atoms. The molecule has 0 N–H and O–H groups in total. The Hall–Kier alpha value is -3.46. The monoisotopic (exact) mass is 376 g/mol. The third kappa shape index (κ3) is 2.95. The Morgan fingerprint density at radius 1 is 1.11 bits per heavy atom. The summed E-state index contributed by atoms with van der Waals surface area (Å²) in [6.07, 6.45) is 3.20. The van der Waals surface area contributed by atoms with Gasteiger partial charge in [-0.15, -0.1) is 0 Å². The Labute approximate surface area is 163 Å². The zero-order valence-corrected chi connectivity index (χ0v) is 16.0. The van der Waals surface area contributed by atoms with Crippen LogP contribution in [0.1, 0.15) is 63.1 Å². The van der Waals surface area contributed by atoms with Crippen molar-refractivity contribution < 1.29 is 19.1 Å². The minimum atomic E-state index is -0.617. The van der Waals surface area contributed by atoms with E-state index in [-0.39, 0.29) is 33.8 Å². The summed E-state index contributed by atoms with van der Waals surface area (Å²) in [6, 6.07) is 9.83. The van der Waals surface area contributed by atoms with Crippen LogP contribution >= 0.6 is 0 Å². The zero-order valence-electron chi connectivity index (χ0n) is 16.0. The van der Waals surface area contributed by atoms with Crippen LogP contribution in [0.15, 0.2) is 36.4 Å². The van der Waals surface area contributed by atoms with E-state index in [0.717, 1.165) is 6.42 Å². The van der Waals surface area contributed by atoms with Crippen LogP contribution < -0.4 is 4.90 Å². The van der Waals surface area contributed by atoms with E-state index in [1.165, 1.54) is 19.1 Å². The molecular weight excluding hydrogens is 356 g/mol. The first-order chi connectivity index (χ1) is 13.5. The van der Waals surface area contributed by atoms with Crippen molar-refractivity contribution >= 4 is 23.2 Å². The maximum absolute atomic E-state index is 13.4. The van der Waals surface area contributed by atoms with Crippen LogP contribution in [0.2, 0.25) is 0 Å². The number of fused-ring (bicyclic) bond motifs is 2. The van der Waals surface area contributed by atoms with Gasteiger partial charge in [-0.2, -0.15) is 5.26 Å². The number of rotatable bonds is 5. The van der Waals surface area contributed by atoms with Gasteiger partial charge in [-0.1, -0.05) is 43.7 Å². The molecule has 0 saturated carbocycles. The van der Waals surface area contributed by atoms with Crippen molar-refractivity contribution in [2.24, 2.45) is 0 Å². The van der Waals surface area contributed by atoms with Gasteiger partial charge in [0.15, 0.2) is 17.8 Å². The Bertz CT molecular complexity index is 1020. The first kappa shape index (κ1) is 19.3. The van der Waals surface area contributed by atoms with Crippen LogP contribution in [0.4, 0.5) is 5.69 Å². The molecule has 3 rings (SSSR count). The van der Waals surface area contributed by atoms with Crippen LogP contribution in [0.5, 0.6) is 0 Å². The molecule has 0 spiro atoms. The Morgan fingerprint density at radius 3 is 2.32 bits per heavy atom. The highest BCUT2D eigenvalue weighted by molar-refractivity contribution is 6.30. The molecule has 6 heteroatoms. The fourth-order valence-electron chi connectivity index (χ4n) is 3.71. The van der Waals surface area contributed by atoms with E-state index in [0.29, 0.717) is 17.7 Å². The fraction of sp³-hybridized carbons (Fsp3) is 0.273. The molecule has 1 atom stereocenters. The molecular formula is C22H20N2O4. The summed E-state index contributed by atoms with van der Waals surface area (Å²) < 4.78 is 4.93. The third-order valence-corrected chi connectivity index (χ3v) is 5.03. The smallest absolute Gasteiger partial charge is 0.313 e. The highest BCUT2D eigenvalue weighted by Crippen LogP contribution is 2.37. The topological polar surface area (TPSA) is 87.5 Å². The molecule has 0 amide bonds. The molecule has 2 aromatic carbocycles. The molecule has 0 aromatic heterocycles. The number of carbonyl (C=O) groups excluding carboxylic acids is 3. The van der Waals surface area contributed by atoms with Gasteiger partial charge in [0.05, 0.1) is 24.3 Å². The second-order valence-electron chi connectivity index (χ2n) is 6.65. The maximum atomic E-state index is 13.4. The van der Waals surface area contributed by atoms with Crippen molar-refractivity contribution in [1.29, 1.82) is 5.26 Å². The zero-order chi connectivity index (χ0) is 20.4. The normalized spacial score (nSPS) is 13.2. The van der Waals surface area contributed by atoms with Gasteiger partial charge in [0.2, 0.25) is 0 Å². The van der Waals surface area contributed by atoms with Crippen LogP contribution in [0, 0.1) is 11.5 Å². The molecule has 1 aliphatic carbocycles. The summed E-state index contributed by atoms with van der Waals surface area (Å²) in [7, 11) is 2.85. The number of anilines is 1. The molecule has 1 aliphatic rings.